The van der Waals surface area contributed by atoms with Crippen molar-refractivity contribution in [2.24, 2.45) is 0 Å². The van der Waals surface area contributed by atoms with E-state index in [1.807, 2.05) is 26.2 Å². The predicted octanol–water partition coefficient (Wildman–Crippen LogP) is 3.06. The van der Waals surface area contributed by atoms with Crippen molar-refractivity contribution >= 4 is 21.6 Å². The molecule has 1 fully saturated rings. The van der Waals surface area contributed by atoms with Gasteiger partial charge in [-0.2, -0.15) is 0 Å². The molecule has 2 rings (SSSR count). The van der Waals surface area contributed by atoms with Gasteiger partial charge in [0.25, 0.3) is 0 Å². The van der Waals surface area contributed by atoms with Gasteiger partial charge in [-0.05, 0) is 31.0 Å². The van der Waals surface area contributed by atoms with Crippen molar-refractivity contribution in [2.45, 2.75) is 18.9 Å². The molecule has 0 atom stereocenters. The molecule has 0 heterocycles. The van der Waals surface area contributed by atoms with Crippen molar-refractivity contribution in [3.63, 3.8) is 0 Å². The number of halogens is 1. The topological polar surface area (TPSA) is 12.5 Å². The lowest BCUT2D eigenvalue weighted by molar-refractivity contribution is 0.304. The Morgan fingerprint density at radius 3 is 2.64 bits per heavy atom. The van der Waals surface area contributed by atoms with Crippen molar-refractivity contribution < 1.29 is 4.74 Å². The number of rotatable bonds is 3. The van der Waals surface area contributed by atoms with Gasteiger partial charge in [-0.3, -0.25) is 0 Å². The van der Waals surface area contributed by atoms with Crippen LogP contribution in [0.2, 0.25) is 0 Å². The molecule has 0 amide bonds. The van der Waals surface area contributed by atoms with Gasteiger partial charge < -0.3 is 9.64 Å². The van der Waals surface area contributed by atoms with Crippen molar-refractivity contribution in [3.8, 4) is 5.75 Å². The lowest BCUT2D eigenvalue weighted by Gasteiger charge is -2.17. The Bertz CT molecular complexity index is 334. The fourth-order valence-corrected chi connectivity index (χ4v) is 1.65. The molecule has 0 saturated heterocycles. The van der Waals surface area contributed by atoms with Crippen molar-refractivity contribution in [1.82, 2.24) is 0 Å². The zero-order valence-electron chi connectivity index (χ0n) is 8.46. The second-order valence-corrected chi connectivity index (χ2v) is 4.74. The first-order valence-corrected chi connectivity index (χ1v) is 5.59. The Hall–Kier alpha value is -0.700. The van der Waals surface area contributed by atoms with Gasteiger partial charge in [0.15, 0.2) is 0 Å². The molecule has 1 saturated carbocycles. The van der Waals surface area contributed by atoms with Crippen LogP contribution in [0.15, 0.2) is 22.7 Å². The van der Waals surface area contributed by atoms with Crippen LogP contribution in [0.4, 0.5) is 5.69 Å². The summed E-state index contributed by atoms with van der Waals surface area (Å²) in [6.45, 7) is 0. The van der Waals surface area contributed by atoms with Crippen molar-refractivity contribution in [2.75, 3.05) is 19.0 Å². The number of ether oxygens (including phenoxy) is 1. The molecule has 3 heteroatoms. The maximum atomic E-state index is 5.81. The Morgan fingerprint density at radius 2 is 2.07 bits per heavy atom. The molecule has 14 heavy (non-hydrogen) atoms. The summed E-state index contributed by atoms with van der Waals surface area (Å²) in [6, 6.07) is 6.13. The van der Waals surface area contributed by atoms with E-state index in [2.05, 4.69) is 26.9 Å². The largest absolute Gasteiger partial charge is 0.488 e. The zero-order valence-corrected chi connectivity index (χ0v) is 10.0. The summed E-state index contributed by atoms with van der Waals surface area (Å²) in [5.41, 5.74) is 1.13. The number of anilines is 1. The van der Waals surface area contributed by atoms with E-state index in [-0.39, 0.29) is 0 Å². The Morgan fingerprint density at radius 1 is 1.36 bits per heavy atom. The minimum atomic E-state index is 0.454. The zero-order chi connectivity index (χ0) is 10.1. The smallest absolute Gasteiger partial charge is 0.143 e. The van der Waals surface area contributed by atoms with E-state index < -0.39 is 0 Å². The van der Waals surface area contributed by atoms with Gasteiger partial charge in [-0.15, -0.1) is 0 Å². The third kappa shape index (κ3) is 2.21. The number of benzene rings is 1. The molecule has 0 aliphatic heterocycles. The van der Waals surface area contributed by atoms with Gasteiger partial charge in [0.05, 0.1) is 11.8 Å². The minimum Gasteiger partial charge on any atom is -0.488 e. The third-order valence-electron chi connectivity index (χ3n) is 2.22. The lowest BCUT2D eigenvalue weighted by Crippen LogP contribution is -2.11. The Labute approximate surface area is 93.0 Å². The van der Waals surface area contributed by atoms with Gasteiger partial charge in [0.2, 0.25) is 0 Å². The monoisotopic (exact) mass is 255 g/mol. The van der Waals surface area contributed by atoms with Crippen molar-refractivity contribution in [3.05, 3.63) is 22.7 Å². The average Bonchev–Trinajstić information content (AvgIpc) is 2.91. The standard InChI is InChI=1S/C11H14BrNO/c1-13(2)10-7-8(12)3-6-11(10)14-9-4-5-9/h3,6-7,9H,4-5H2,1-2H3. The maximum absolute atomic E-state index is 5.81. The summed E-state index contributed by atoms with van der Waals surface area (Å²) >= 11 is 3.46. The van der Waals surface area contributed by atoms with Crippen LogP contribution < -0.4 is 9.64 Å². The van der Waals surface area contributed by atoms with E-state index in [1.54, 1.807) is 0 Å². The second-order valence-electron chi connectivity index (χ2n) is 3.82. The molecule has 1 aromatic carbocycles. The molecular weight excluding hydrogens is 242 g/mol. The van der Waals surface area contributed by atoms with Crippen LogP contribution in [0.3, 0.4) is 0 Å². The summed E-state index contributed by atoms with van der Waals surface area (Å²) in [6.07, 6.45) is 2.85. The molecule has 1 aliphatic carbocycles. The molecule has 2 nitrogen and oxygen atoms in total. The van der Waals surface area contributed by atoms with E-state index >= 15 is 0 Å². The highest BCUT2D eigenvalue weighted by atomic mass is 79.9. The highest BCUT2D eigenvalue weighted by Gasteiger charge is 2.24. The maximum Gasteiger partial charge on any atom is 0.143 e. The van der Waals surface area contributed by atoms with Gasteiger partial charge in [-0.1, -0.05) is 15.9 Å². The molecule has 0 N–H and O–H groups in total. The Balaban J connectivity index is 2.26. The first-order chi connectivity index (χ1) is 6.66. The number of nitrogens with zero attached hydrogens (tertiary/aromatic N) is 1. The molecule has 1 aliphatic rings. The van der Waals surface area contributed by atoms with Crippen LogP contribution in [-0.2, 0) is 0 Å². The average molecular weight is 256 g/mol. The SMILES string of the molecule is CN(C)c1cc(Br)ccc1OC1CC1. The molecular formula is C11H14BrNO. The van der Waals surface area contributed by atoms with E-state index in [1.165, 1.54) is 12.8 Å². The van der Waals surface area contributed by atoms with Crippen LogP contribution >= 0.6 is 15.9 Å². The summed E-state index contributed by atoms with van der Waals surface area (Å²) in [4.78, 5) is 2.07. The first kappa shape index (κ1) is 9.84. The molecule has 0 spiro atoms. The quantitative estimate of drug-likeness (QED) is 0.824. The normalized spacial score (nSPS) is 15.4. The second kappa shape index (κ2) is 3.81. The molecule has 0 unspecified atom stereocenters. The van der Waals surface area contributed by atoms with E-state index in [0.717, 1.165) is 15.9 Å². The third-order valence-corrected chi connectivity index (χ3v) is 2.71. The van der Waals surface area contributed by atoms with E-state index in [4.69, 9.17) is 4.74 Å². The van der Waals surface area contributed by atoms with Gasteiger partial charge in [0.1, 0.15) is 5.75 Å². The van der Waals surface area contributed by atoms with Crippen LogP contribution in [0.5, 0.6) is 5.75 Å². The van der Waals surface area contributed by atoms with Crippen LogP contribution in [-0.4, -0.2) is 20.2 Å². The summed E-state index contributed by atoms with van der Waals surface area (Å²) in [5, 5.41) is 0. The fourth-order valence-electron chi connectivity index (χ4n) is 1.31. The highest BCUT2D eigenvalue weighted by molar-refractivity contribution is 9.10. The van der Waals surface area contributed by atoms with Crippen LogP contribution in [0, 0.1) is 0 Å². The van der Waals surface area contributed by atoms with Crippen molar-refractivity contribution in [1.29, 1.82) is 0 Å². The summed E-state index contributed by atoms with van der Waals surface area (Å²) < 4.78 is 6.90. The summed E-state index contributed by atoms with van der Waals surface area (Å²) in [5.74, 6) is 0.987. The van der Waals surface area contributed by atoms with Crippen LogP contribution in [0.25, 0.3) is 0 Å². The van der Waals surface area contributed by atoms with Crippen LogP contribution in [0.1, 0.15) is 12.8 Å². The van der Waals surface area contributed by atoms with E-state index in [9.17, 15) is 0 Å². The van der Waals surface area contributed by atoms with Gasteiger partial charge in [-0.25, -0.2) is 0 Å². The van der Waals surface area contributed by atoms with Gasteiger partial charge in [0, 0.05) is 18.6 Å². The predicted molar refractivity (Wildman–Crippen MR) is 62.1 cm³/mol. The molecule has 76 valence electrons. The number of hydrogen-bond donors (Lipinski definition) is 0. The number of hydrogen-bond acceptors (Lipinski definition) is 2. The highest BCUT2D eigenvalue weighted by Crippen LogP contribution is 2.35. The molecule has 0 aromatic heterocycles. The lowest BCUT2D eigenvalue weighted by atomic mass is 10.3. The van der Waals surface area contributed by atoms with E-state index in [0.29, 0.717) is 6.10 Å². The Kier molecular flexibility index (Phi) is 2.68. The van der Waals surface area contributed by atoms with Gasteiger partial charge >= 0.3 is 0 Å². The first-order valence-electron chi connectivity index (χ1n) is 4.80. The molecule has 0 bridgehead atoms. The summed E-state index contributed by atoms with van der Waals surface area (Å²) in [7, 11) is 4.06. The minimum absolute atomic E-state index is 0.454. The fraction of sp³-hybridized carbons (Fsp3) is 0.455. The molecule has 0 radical (unpaired) electrons. The molecule has 1 aromatic rings.